The second kappa shape index (κ2) is 9.07. The molecule has 0 aliphatic carbocycles. The smallest absolute Gasteiger partial charge is 0.255 e. The van der Waals surface area contributed by atoms with Crippen molar-refractivity contribution in [2.24, 2.45) is 0 Å². The van der Waals surface area contributed by atoms with Crippen molar-refractivity contribution in [1.29, 1.82) is 5.26 Å². The Morgan fingerprint density at radius 2 is 2.00 bits per heavy atom. The first kappa shape index (κ1) is 24.0. The number of anilines is 1. The van der Waals surface area contributed by atoms with Gasteiger partial charge in [0.1, 0.15) is 17.9 Å². The molecule has 11 heteroatoms. The average Bonchev–Trinajstić information content (AvgIpc) is 3.17. The number of carbonyl (C=O) groups excluding carboxylic acids is 1. The van der Waals surface area contributed by atoms with Crippen LogP contribution in [0.5, 0.6) is 0 Å². The van der Waals surface area contributed by atoms with Gasteiger partial charge in [-0.2, -0.15) is 10.4 Å². The number of nitrogens with one attached hydrogen (secondary N) is 2. The van der Waals surface area contributed by atoms with Gasteiger partial charge in [0.15, 0.2) is 5.65 Å². The molecular weight excluding hydrogens is 432 g/mol. The molecule has 3 N–H and O–H groups in total. The molecule has 1 amide bonds. The molecule has 0 saturated heterocycles. The average molecular weight is 457 g/mol. The number of aromatic nitrogens is 4. The molecule has 9 nitrogen and oxygen atoms in total. The van der Waals surface area contributed by atoms with Gasteiger partial charge in [-0.1, -0.05) is 0 Å². The SMILES string of the molecule is CC(C)(F)CNc1cc(-c2cnn3cc(C#N)cnc23)ncc1C(=O)NCC(F)C(C)(C)O. The predicted octanol–water partition coefficient (Wildman–Crippen LogP) is 2.66. The molecule has 0 aliphatic heterocycles. The number of pyridine rings is 1. The second-order valence-corrected chi connectivity index (χ2v) is 8.80. The first-order chi connectivity index (χ1) is 15.4. The van der Waals surface area contributed by atoms with Crippen LogP contribution in [-0.2, 0) is 0 Å². The summed E-state index contributed by atoms with van der Waals surface area (Å²) < 4.78 is 29.6. The number of carbonyl (C=O) groups is 1. The van der Waals surface area contributed by atoms with Crippen LogP contribution in [0, 0.1) is 11.3 Å². The molecule has 33 heavy (non-hydrogen) atoms. The first-order valence-electron chi connectivity index (χ1n) is 10.2. The third-order valence-corrected chi connectivity index (χ3v) is 4.82. The van der Waals surface area contributed by atoms with E-state index in [4.69, 9.17) is 5.26 Å². The van der Waals surface area contributed by atoms with Crippen molar-refractivity contribution in [3.05, 3.63) is 42.0 Å². The minimum absolute atomic E-state index is 0.0853. The Kier molecular flexibility index (Phi) is 6.60. The van der Waals surface area contributed by atoms with Gasteiger partial charge in [0.05, 0.1) is 52.6 Å². The van der Waals surface area contributed by atoms with Crippen LogP contribution in [0.2, 0.25) is 0 Å². The fraction of sp³-hybridized carbons (Fsp3) is 0.409. The molecule has 0 spiro atoms. The zero-order chi connectivity index (χ0) is 24.4. The number of nitrogens with zero attached hydrogens (tertiary/aromatic N) is 5. The Hall–Kier alpha value is -3.65. The molecule has 0 saturated carbocycles. The Morgan fingerprint density at radius 1 is 1.27 bits per heavy atom. The maximum Gasteiger partial charge on any atom is 0.255 e. The zero-order valence-electron chi connectivity index (χ0n) is 18.7. The molecule has 0 radical (unpaired) electrons. The highest BCUT2D eigenvalue weighted by molar-refractivity contribution is 6.00. The van der Waals surface area contributed by atoms with Crippen molar-refractivity contribution in [3.63, 3.8) is 0 Å². The summed E-state index contributed by atoms with van der Waals surface area (Å²) in [5, 5.41) is 28.3. The lowest BCUT2D eigenvalue weighted by molar-refractivity contribution is -0.00177. The summed E-state index contributed by atoms with van der Waals surface area (Å²) >= 11 is 0. The summed E-state index contributed by atoms with van der Waals surface area (Å²) in [4.78, 5) is 21.3. The minimum atomic E-state index is -1.68. The highest BCUT2D eigenvalue weighted by Crippen LogP contribution is 2.27. The molecule has 1 atom stereocenters. The molecule has 0 bridgehead atoms. The monoisotopic (exact) mass is 457 g/mol. The van der Waals surface area contributed by atoms with E-state index < -0.39 is 29.9 Å². The van der Waals surface area contributed by atoms with Gasteiger partial charge in [-0.3, -0.25) is 9.78 Å². The lowest BCUT2D eigenvalue weighted by atomic mass is 10.0. The molecular formula is C22H25F2N7O2. The number of aliphatic hydroxyl groups is 1. The molecule has 3 heterocycles. The molecule has 174 valence electrons. The summed E-state index contributed by atoms with van der Waals surface area (Å²) in [7, 11) is 0. The van der Waals surface area contributed by atoms with Crippen molar-refractivity contribution >= 4 is 17.2 Å². The highest BCUT2D eigenvalue weighted by Gasteiger charge is 2.27. The number of fused-ring (bicyclic) bond motifs is 1. The standard InChI is InChI=1S/C22H25F2N7O2/c1-21(2,24)12-29-17-5-16(14-9-30-31-11-13(6-25)7-27-19(14)31)26-8-15(17)20(32)28-10-18(23)22(3,4)33/h5,7-9,11,18,33H,10,12H2,1-4H3,(H,26,29)(H,28,32). The van der Waals surface area contributed by atoms with Crippen molar-refractivity contribution in [2.45, 2.75) is 45.1 Å². The van der Waals surface area contributed by atoms with Gasteiger partial charge in [-0.25, -0.2) is 18.3 Å². The molecule has 3 rings (SSSR count). The van der Waals surface area contributed by atoms with Crippen LogP contribution >= 0.6 is 0 Å². The van der Waals surface area contributed by atoms with Crippen molar-refractivity contribution < 1.29 is 18.7 Å². The van der Waals surface area contributed by atoms with E-state index in [1.54, 1.807) is 6.07 Å². The quantitative estimate of drug-likeness (QED) is 0.474. The molecule has 0 fully saturated rings. The van der Waals surface area contributed by atoms with Crippen LogP contribution in [0.4, 0.5) is 14.5 Å². The Morgan fingerprint density at radius 3 is 2.64 bits per heavy atom. The number of rotatable bonds is 8. The molecule has 1 unspecified atom stereocenters. The Labute approximate surface area is 189 Å². The fourth-order valence-electron chi connectivity index (χ4n) is 2.88. The van der Waals surface area contributed by atoms with E-state index in [2.05, 4.69) is 25.7 Å². The topological polar surface area (TPSA) is 128 Å². The van der Waals surface area contributed by atoms with Gasteiger partial charge in [-0.15, -0.1) is 0 Å². The highest BCUT2D eigenvalue weighted by atomic mass is 19.1. The van der Waals surface area contributed by atoms with Crippen LogP contribution in [0.15, 0.2) is 30.9 Å². The van der Waals surface area contributed by atoms with Gasteiger partial charge < -0.3 is 15.7 Å². The molecule has 0 aliphatic rings. The van der Waals surface area contributed by atoms with E-state index in [0.717, 1.165) is 0 Å². The zero-order valence-corrected chi connectivity index (χ0v) is 18.7. The molecule has 3 aromatic heterocycles. The number of hydrogen-bond acceptors (Lipinski definition) is 7. The lowest BCUT2D eigenvalue weighted by Gasteiger charge is -2.23. The van der Waals surface area contributed by atoms with Gasteiger partial charge in [0.2, 0.25) is 0 Å². The normalized spacial score (nSPS) is 12.9. The number of nitriles is 1. The van der Waals surface area contributed by atoms with Gasteiger partial charge in [0, 0.05) is 18.9 Å². The van der Waals surface area contributed by atoms with Gasteiger partial charge >= 0.3 is 0 Å². The van der Waals surface area contributed by atoms with E-state index in [-0.39, 0.29) is 17.8 Å². The maximum absolute atomic E-state index is 14.1. The van der Waals surface area contributed by atoms with E-state index in [9.17, 15) is 18.7 Å². The summed E-state index contributed by atoms with van der Waals surface area (Å²) in [5.74, 6) is -0.628. The molecule has 3 aromatic rings. The maximum atomic E-state index is 14.1. The summed E-state index contributed by atoms with van der Waals surface area (Å²) in [6, 6.07) is 3.54. The first-order valence-corrected chi connectivity index (χ1v) is 10.2. The van der Waals surface area contributed by atoms with Crippen LogP contribution in [0.3, 0.4) is 0 Å². The van der Waals surface area contributed by atoms with Crippen LogP contribution in [0.25, 0.3) is 16.9 Å². The van der Waals surface area contributed by atoms with Crippen molar-refractivity contribution in [3.8, 4) is 17.3 Å². The van der Waals surface area contributed by atoms with Crippen molar-refractivity contribution in [1.82, 2.24) is 24.9 Å². The van der Waals surface area contributed by atoms with Crippen LogP contribution in [-0.4, -0.2) is 61.1 Å². The van der Waals surface area contributed by atoms with E-state index in [0.29, 0.717) is 22.5 Å². The number of halogens is 2. The molecule has 0 aromatic carbocycles. The van der Waals surface area contributed by atoms with Gasteiger partial charge in [0.25, 0.3) is 5.91 Å². The number of amides is 1. The fourth-order valence-corrected chi connectivity index (χ4v) is 2.88. The second-order valence-electron chi connectivity index (χ2n) is 8.80. The Bertz CT molecular complexity index is 1210. The van der Waals surface area contributed by atoms with Crippen LogP contribution in [0.1, 0.15) is 43.6 Å². The number of hydrogen-bond donors (Lipinski definition) is 3. The van der Waals surface area contributed by atoms with Gasteiger partial charge in [-0.05, 0) is 33.8 Å². The third kappa shape index (κ3) is 5.78. The summed E-state index contributed by atoms with van der Waals surface area (Å²) in [5.41, 5.74) is -1.07. The minimum Gasteiger partial charge on any atom is -0.387 e. The largest absolute Gasteiger partial charge is 0.387 e. The van der Waals surface area contributed by atoms with E-state index in [1.165, 1.54) is 57.0 Å². The summed E-state index contributed by atoms with van der Waals surface area (Å²) in [6.45, 7) is 4.89. The third-order valence-electron chi connectivity index (χ3n) is 4.82. The van der Waals surface area contributed by atoms with E-state index >= 15 is 0 Å². The lowest BCUT2D eigenvalue weighted by Crippen LogP contribution is -2.42. The van der Waals surface area contributed by atoms with E-state index in [1.807, 2.05) is 6.07 Å². The summed E-state index contributed by atoms with van der Waals surface area (Å²) in [6.07, 6.45) is 4.06. The van der Waals surface area contributed by atoms with Crippen LogP contribution < -0.4 is 10.6 Å². The van der Waals surface area contributed by atoms with Crippen molar-refractivity contribution in [2.75, 3.05) is 18.4 Å². The Balaban J connectivity index is 1.95. The number of alkyl halides is 2. The predicted molar refractivity (Wildman–Crippen MR) is 118 cm³/mol.